The van der Waals surface area contributed by atoms with Crippen LogP contribution in [-0.2, 0) is 9.59 Å². The van der Waals surface area contributed by atoms with Gasteiger partial charge < -0.3 is 15.5 Å². The van der Waals surface area contributed by atoms with Gasteiger partial charge in [0.2, 0.25) is 11.8 Å². The maximum atomic E-state index is 12.2. The first kappa shape index (κ1) is 14.7. The zero-order chi connectivity index (χ0) is 13.7. The molecule has 2 aliphatic rings. The van der Waals surface area contributed by atoms with Gasteiger partial charge in [-0.25, -0.2) is 0 Å². The Morgan fingerprint density at radius 1 is 1.37 bits per heavy atom. The van der Waals surface area contributed by atoms with Crippen LogP contribution in [0.2, 0.25) is 0 Å². The molecule has 0 aromatic carbocycles. The van der Waals surface area contributed by atoms with Crippen molar-refractivity contribution in [1.82, 2.24) is 15.5 Å². The zero-order valence-electron chi connectivity index (χ0n) is 11.5. The Hall–Kier alpha value is -0.750. The van der Waals surface area contributed by atoms with Crippen LogP contribution in [0.25, 0.3) is 0 Å². The summed E-state index contributed by atoms with van der Waals surface area (Å²) in [7, 11) is 1.67. The minimum Gasteiger partial charge on any atom is -0.359 e. The number of thioether (sulfide) groups is 1. The van der Waals surface area contributed by atoms with Gasteiger partial charge in [0.05, 0.1) is 0 Å². The molecule has 0 saturated carbocycles. The predicted molar refractivity (Wildman–Crippen MR) is 77.1 cm³/mol. The molecule has 2 rings (SSSR count). The summed E-state index contributed by atoms with van der Waals surface area (Å²) in [5.41, 5.74) is 0. The molecule has 0 aliphatic carbocycles. The monoisotopic (exact) mass is 285 g/mol. The van der Waals surface area contributed by atoms with Crippen LogP contribution >= 0.6 is 11.8 Å². The van der Waals surface area contributed by atoms with Crippen LogP contribution in [0.5, 0.6) is 0 Å². The molecule has 2 aliphatic heterocycles. The summed E-state index contributed by atoms with van der Waals surface area (Å²) in [5.74, 6) is 2.59. The number of carbonyl (C=O) groups excluding carboxylic acids is 2. The van der Waals surface area contributed by atoms with E-state index >= 15 is 0 Å². The van der Waals surface area contributed by atoms with Crippen LogP contribution in [0.3, 0.4) is 0 Å². The molecule has 1 atom stereocenters. The van der Waals surface area contributed by atoms with Gasteiger partial charge in [-0.2, -0.15) is 11.8 Å². The largest absolute Gasteiger partial charge is 0.359 e. The predicted octanol–water partition coefficient (Wildman–Crippen LogP) is 0.0661. The van der Waals surface area contributed by atoms with Crippen molar-refractivity contribution in [3.63, 3.8) is 0 Å². The number of rotatable bonds is 3. The molecule has 0 aromatic rings. The van der Waals surface area contributed by atoms with Gasteiger partial charge in [-0.05, 0) is 12.8 Å². The maximum Gasteiger partial charge on any atom is 0.224 e. The second-order valence-corrected chi connectivity index (χ2v) is 6.35. The van der Waals surface area contributed by atoms with Crippen molar-refractivity contribution >= 4 is 23.6 Å². The highest BCUT2D eigenvalue weighted by molar-refractivity contribution is 7.99. The molecule has 0 radical (unpaired) electrons. The van der Waals surface area contributed by atoms with Crippen molar-refractivity contribution in [2.75, 3.05) is 38.2 Å². The summed E-state index contributed by atoms with van der Waals surface area (Å²) >= 11 is 1.91. The minimum atomic E-state index is 0.0809. The van der Waals surface area contributed by atoms with Crippen LogP contribution in [-0.4, -0.2) is 60.9 Å². The van der Waals surface area contributed by atoms with Crippen LogP contribution in [0.1, 0.15) is 19.3 Å². The molecular formula is C13H23N3O2S. The van der Waals surface area contributed by atoms with Crippen molar-refractivity contribution in [3.05, 3.63) is 0 Å². The first-order valence-electron chi connectivity index (χ1n) is 7.01. The Bertz CT molecular complexity index is 324. The SMILES string of the molecule is CNC(=O)C1CCN(C(=O)CC2CSCCN2)CC1. The van der Waals surface area contributed by atoms with E-state index < -0.39 is 0 Å². The van der Waals surface area contributed by atoms with E-state index in [2.05, 4.69) is 10.6 Å². The Kier molecular flexibility index (Phi) is 5.51. The number of nitrogens with one attached hydrogen (secondary N) is 2. The highest BCUT2D eigenvalue weighted by atomic mass is 32.2. The topological polar surface area (TPSA) is 61.4 Å². The van der Waals surface area contributed by atoms with Gasteiger partial charge in [0.25, 0.3) is 0 Å². The number of piperidine rings is 1. The van der Waals surface area contributed by atoms with Crippen molar-refractivity contribution < 1.29 is 9.59 Å². The molecule has 2 heterocycles. The Morgan fingerprint density at radius 3 is 2.68 bits per heavy atom. The van der Waals surface area contributed by atoms with E-state index in [1.807, 2.05) is 16.7 Å². The van der Waals surface area contributed by atoms with E-state index in [0.29, 0.717) is 12.5 Å². The lowest BCUT2D eigenvalue weighted by Crippen LogP contribution is -2.46. The normalized spacial score (nSPS) is 25.1. The number of nitrogens with zero attached hydrogens (tertiary/aromatic N) is 1. The average Bonchev–Trinajstić information content (AvgIpc) is 2.47. The molecular weight excluding hydrogens is 262 g/mol. The second-order valence-electron chi connectivity index (χ2n) is 5.20. The van der Waals surface area contributed by atoms with E-state index in [1.54, 1.807) is 7.05 Å². The first-order chi connectivity index (χ1) is 9.20. The summed E-state index contributed by atoms with van der Waals surface area (Å²) in [6.45, 7) is 2.44. The average molecular weight is 285 g/mol. The van der Waals surface area contributed by atoms with E-state index in [0.717, 1.165) is 44.0 Å². The number of hydrogen-bond donors (Lipinski definition) is 2. The molecule has 0 spiro atoms. The number of likely N-dealkylation sites (tertiary alicyclic amines) is 1. The Morgan fingerprint density at radius 2 is 2.11 bits per heavy atom. The molecule has 1 unspecified atom stereocenters. The van der Waals surface area contributed by atoms with Crippen LogP contribution < -0.4 is 10.6 Å². The van der Waals surface area contributed by atoms with Crippen molar-refractivity contribution in [2.24, 2.45) is 5.92 Å². The van der Waals surface area contributed by atoms with Crippen LogP contribution in [0, 0.1) is 5.92 Å². The fourth-order valence-corrected chi connectivity index (χ4v) is 3.63. The van der Waals surface area contributed by atoms with Gasteiger partial charge in [-0.15, -0.1) is 0 Å². The van der Waals surface area contributed by atoms with E-state index in [9.17, 15) is 9.59 Å². The van der Waals surface area contributed by atoms with Gasteiger partial charge in [0, 0.05) is 56.6 Å². The number of hydrogen-bond acceptors (Lipinski definition) is 4. The molecule has 108 valence electrons. The van der Waals surface area contributed by atoms with Gasteiger partial charge in [-0.3, -0.25) is 9.59 Å². The third-order valence-electron chi connectivity index (χ3n) is 3.88. The summed E-state index contributed by atoms with van der Waals surface area (Å²) in [5, 5.41) is 6.08. The third kappa shape index (κ3) is 4.11. The lowest BCUT2D eigenvalue weighted by atomic mass is 9.95. The van der Waals surface area contributed by atoms with Gasteiger partial charge >= 0.3 is 0 Å². The van der Waals surface area contributed by atoms with Crippen LogP contribution in [0.15, 0.2) is 0 Å². The summed E-state index contributed by atoms with van der Waals surface area (Å²) in [6, 6.07) is 0.322. The Balaban J connectivity index is 1.74. The second kappa shape index (κ2) is 7.14. The van der Waals surface area contributed by atoms with Crippen molar-refractivity contribution in [3.8, 4) is 0 Å². The quantitative estimate of drug-likeness (QED) is 0.770. The van der Waals surface area contributed by atoms with E-state index in [4.69, 9.17) is 0 Å². The minimum absolute atomic E-state index is 0.0809. The van der Waals surface area contributed by atoms with E-state index in [-0.39, 0.29) is 17.7 Å². The fourth-order valence-electron chi connectivity index (χ4n) is 2.69. The highest BCUT2D eigenvalue weighted by Gasteiger charge is 2.28. The summed E-state index contributed by atoms with van der Waals surface area (Å²) in [6.07, 6.45) is 2.17. The molecule has 2 saturated heterocycles. The smallest absolute Gasteiger partial charge is 0.224 e. The number of carbonyl (C=O) groups is 2. The summed E-state index contributed by atoms with van der Waals surface area (Å²) in [4.78, 5) is 25.6. The molecule has 0 bridgehead atoms. The van der Waals surface area contributed by atoms with Gasteiger partial charge in [0.1, 0.15) is 0 Å². The van der Waals surface area contributed by atoms with Crippen molar-refractivity contribution in [2.45, 2.75) is 25.3 Å². The maximum absolute atomic E-state index is 12.2. The summed E-state index contributed by atoms with van der Waals surface area (Å²) < 4.78 is 0. The molecule has 5 nitrogen and oxygen atoms in total. The number of amides is 2. The lowest BCUT2D eigenvalue weighted by molar-refractivity contribution is -0.135. The molecule has 6 heteroatoms. The van der Waals surface area contributed by atoms with Gasteiger partial charge in [-0.1, -0.05) is 0 Å². The molecule has 2 fully saturated rings. The van der Waals surface area contributed by atoms with Gasteiger partial charge in [0.15, 0.2) is 0 Å². The van der Waals surface area contributed by atoms with E-state index in [1.165, 1.54) is 0 Å². The molecule has 2 amide bonds. The molecule has 0 aromatic heterocycles. The zero-order valence-corrected chi connectivity index (χ0v) is 12.3. The fraction of sp³-hybridized carbons (Fsp3) is 0.846. The molecule has 2 N–H and O–H groups in total. The first-order valence-corrected chi connectivity index (χ1v) is 8.16. The Labute approximate surface area is 118 Å². The third-order valence-corrected chi connectivity index (χ3v) is 5.02. The van der Waals surface area contributed by atoms with Crippen molar-refractivity contribution in [1.29, 1.82) is 0 Å². The molecule has 19 heavy (non-hydrogen) atoms. The van der Waals surface area contributed by atoms with Crippen LogP contribution in [0.4, 0.5) is 0 Å². The standard InChI is InChI=1S/C13H23N3O2S/c1-14-13(18)10-2-5-16(6-3-10)12(17)8-11-9-19-7-4-15-11/h10-11,15H,2-9H2,1H3,(H,14,18). The highest BCUT2D eigenvalue weighted by Crippen LogP contribution is 2.19. The lowest BCUT2D eigenvalue weighted by Gasteiger charge is -2.32.